The molecule has 0 bridgehead atoms. The monoisotopic (exact) mass is 289 g/mol. The van der Waals surface area contributed by atoms with Gasteiger partial charge in [-0.3, -0.25) is 14.2 Å². The highest BCUT2D eigenvalue weighted by atomic mass is 32.1. The number of benzene rings is 1. The van der Waals surface area contributed by atoms with E-state index in [9.17, 15) is 14.0 Å². The van der Waals surface area contributed by atoms with Crippen LogP contribution >= 0.6 is 11.3 Å². The van der Waals surface area contributed by atoms with Crippen LogP contribution in [0.25, 0.3) is 12.2 Å². The first-order valence-corrected chi connectivity index (χ1v) is 7.10. The third-order valence-corrected chi connectivity index (χ3v) is 4.55. The molecule has 1 aromatic heterocycles. The van der Waals surface area contributed by atoms with E-state index in [4.69, 9.17) is 0 Å². The van der Waals surface area contributed by atoms with Gasteiger partial charge >= 0.3 is 0 Å². The Morgan fingerprint density at radius 1 is 1.40 bits per heavy atom. The molecule has 0 radical (unpaired) electrons. The van der Waals surface area contributed by atoms with Crippen LogP contribution in [0.5, 0.6) is 0 Å². The fourth-order valence-corrected chi connectivity index (χ4v) is 3.63. The van der Waals surface area contributed by atoms with Crippen molar-refractivity contribution in [3.63, 3.8) is 0 Å². The molecular formula is C15H12FNO2S. The molecule has 0 fully saturated rings. The third kappa shape index (κ3) is 1.70. The average Bonchev–Trinajstić information content (AvgIpc) is 2.87. The predicted molar refractivity (Wildman–Crippen MR) is 76.6 cm³/mol. The number of halogens is 1. The van der Waals surface area contributed by atoms with Crippen molar-refractivity contribution >= 4 is 29.3 Å². The van der Waals surface area contributed by atoms with E-state index in [0.717, 1.165) is 0 Å². The van der Waals surface area contributed by atoms with Crippen molar-refractivity contribution in [1.29, 1.82) is 0 Å². The molecule has 0 amide bonds. The lowest BCUT2D eigenvalue weighted by molar-refractivity contribution is -0.112. The van der Waals surface area contributed by atoms with Crippen molar-refractivity contribution in [3.05, 3.63) is 54.7 Å². The smallest absolute Gasteiger partial charge is 0.269 e. The first-order valence-electron chi connectivity index (χ1n) is 6.28. The molecular weight excluding hydrogens is 277 g/mol. The zero-order chi connectivity index (χ0) is 14.4. The Morgan fingerprint density at radius 2 is 2.15 bits per heavy atom. The summed E-state index contributed by atoms with van der Waals surface area (Å²) in [6.45, 7) is 6.18. The van der Waals surface area contributed by atoms with Crippen molar-refractivity contribution in [2.24, 2.45) is 0 Å². The van der Waals surface area contributed by atoms with E-state index in [-0.39, 0.29) is 17.8 Å². The van der Waals surface area contributed by atoms with Gasteiger partial charge in [-0.2, -0.15) is 0 Å². The normalized spacial score (nSPS) is 16.6. The molecule has 3 nitrogen and oxygen atoms in total. The lowest BCUT2D eigenvalue weighted by atomic mass is 10.1. The summed E-state index contributed by atoms with van der Waals surface area (Å²) >= 11 is 1.20. The Hall–Kier alpha value is -2.01. The summed E-state index contributed by atoms with van der Waals surface area (Å²) in [6.07, 6.45) is 0.0211. The number of carbonyl (C=O) groups is 1. The van der Waals surface area contributed by atoms with E-state index >= 15 is 0 Å². The predicted octanol–water partition coefficient (Wildman–Crippen LogP) is 0.803. The molecule has 2 aromatic rings. The second-order valence-corrected chi connectivity index (χ2v) is 5.70. The van der Waals surface area contributed by atoms with Gasteiger partial charge < -0.3 is 0 Å². The number of rotatable bonds is 1. The van der Waals surface area contributed by atoms with E-state index in [0.29, 0.717) is 32.4 Å². The minimum absolute atomic E-state index is 0.0211. The van der Waals surface area contributed by atoms with E-state index in [1.165, 1.54) is 22.0 Å². The zero-order valence-corrected chi connectivity index (χ0v) is 11.7. The fraction of sp³-hybridized carbons (Fsp3) is 0.200. The number of thiazole rings is 1. The van der Waals surface area contributed by atoms with Gasteiger partial charge in [0.1, 0.15) is 10.3 Å². The number of carbonyl (C=O) groups excluding carboxylic acids is 1. The van der Waals surface area contributed by atoms with Crippen molar-refractivity contribution in [1.82, 2.24) is 4.57 Å². The molecule has 0 spiro atoms. The van der Waals surface area contributed by atoms with Crippen LogP contribution in [0.2, 0.25) is 0 Å². The highest BCUT2D eigenvalue weighted by Gasteiger charge is 2.29. The number of Topliss-reactive ketones (excluding diaryl/α,β-unsaturated/α-hetero) is 1. The SMILES string of the molecule is C=c1s/c(=C2\C(=O)Cc3c(F)cccc32)c(=O)n1CC. The van der Waals surface area contributed by atoms with Crippen LogP contribution in [0.3, 0.4) is 0 Å². The molecule has 0 aliphatic heterocycles. The number of fused-ring (bicyclic) bond motifs is 1. The van der Waals surface area contributed by atoms with Crippen molar-refractivity contribution in [2.75, 3.05) is 0 Å². The number of hydrogen-bond acceptors (Lipinski definition) is 3. The number of ketones is 1. The summed E-state index contributed by atoms with van der Waals surface area (Å²) in [5.41, 5.74) is 1.04. The second-order valence-electron chi connectivity index (χ2n) is 4.62. The molecule has 0 saturated carbocycles. The van der Waals surface area contributed by atoms with E-state index in [2.05, 4.69) is 6.58 Å². The molecule has 0 unspecified atom stereocenters. The van der Waals surface area contributed by atoms with Crippen LogP contribution in [0.15, 0.2) is 23.0 Å². The molecule has 20 heavy (non-hydrogen) atoms. The molecule has 0 saturated heterocycles. The maximum atomic E-state index is 13.7. The van der Waals surface area contributed by atoms with Gasteiger partial charge in [-0.25, -0.2) is 4.39 Å². The Kier molecular flexibility index (Phi) is 2.94. The molecule has 1 aliphatic rings. The van der Waals surface area contributed by atoms with E-state index < -0.39 is 5.82 Å². The summed E-state index contributed by atoms with van der Waals surface area (Å²) in [5.74, 6) is -0.597. The zero-order valence-electron chi connectivity index (χ0n) is 10.9. The minimum Gasteiger partial charge on any atom is -0.300 e. The average molecular weight is 289 g/mol. The standard InChI is InChI=1S/C15H12FNO2S/c1-3-17-8(2)20-14(15(17)19)13-9-5-4-6-11(16)10(9)7-12(13)18/h4-6H,2-3,7H2,1H3/b14-13-. The molecule has 5 heteroatoms. The van der Waals surface area contributed by atoms with Gasteiger partial charge in [-0.15, -0.1) is 11.3 Å². The first kappa shape index (κ1) is 13.0. The van der Waals surface area contributed by atoms with Crippen molar-refractivity contribution in [2.45, 2.75) is 19.9 Å². The van der Waals surface area contributed by atoms with Crippen LogP contribution in [0.1, 0.15) is 18.1 Å². The van der Waals surface area contributed by atoms with E-state index in [1.807, 2.05) is 6.92 Å². The largest absolute Gasteiger partial charge is 0.300 e. The highest BCUT2D eigenvalue weighted by Crippen LogP contribution is 2.29. The van der Waals surface area contributed by atoms with Gasteiger partial charge in [0.15, 0.2) is 5.78 Å². The van der Waals surface area contributed by atoms with E-state index in [1.54, 1.807) is 12.1 Å². The van der Waals surface area contributed by atoms with Crippen molar-refractivity contribution in [3.8, 4) is 0 Å². The van der Waals surface area contributed by atoms with Crippen LogP contribution in [-0.4, -0.2) is 10.4 Å². The van der Waals surface area contributed by atoms with Gasteiger partial charge in [0.25, 0.3) is 5.56 Å². The third-order valence-electron chi connectivity index (χ3n) is 3.51. The summed E-state index contributed by atoms with van der Waals surface area (Å²) < 4.78 is 16.2. The lowest BCUT2D eigenvalue weighted by Gasteiger charge is -1.98. The fourth-order valence-electron chi connectivity index (χ4n) is 2.55. The Bertz CT molecular complexity index is 892. The summed E-state index contributed by atoms with van der Waals surface area (Å²) in [6, 6.07) is 4.58. The maximum absolute atomic E-state index is 13.7. The summed E-state index contributed by atoms with van der Waals surface area (Å²) in [5, 5.41) is 0. The van der Waals surface area contributed by atoms with Crippen LogP contribution in [0.4, 0.5) is 4.39 Å². The van der Waals surface area contributed by atoms with Gasteiger partial charge in [0.2, 0.25) is 0 Å². The second kappa shape index (κ2) is 4.52. The molecule has 3 rings (SSSR count). The Labute approximate surface area is 118 Å². The topological polar surface area (TPSA) is 39.1 Å². The maximum Gasteiger partial charge on any atom is 0.269 e. The van der Waals surface area contributed by atoms with Gasteiger partial charge in [0.05, 0.1) is 4.66 Å². The Morgan fingerprint density at radius 3 is 2.80 bits per heavy atom. The molecule has 0 N–H and O–H groups in total. The number of hydrogen-bond donors (Lipinski definition) is 0. The van der Waals surface area contributed by atoms with Crippen LogP contribution in [0, 0.1) is 5.82 Å². The first-order chi connectivity index (χ1) is 9.54. The highest BCUT2D eigenvalue weighted by molar-refractivity contribution is 7.07. The van der Waals surface area contributed by atoms with Crippen LogP contribution in [-0.2, 0) is 17.8 Å². The lowest BCUT2D eigenvalue weighted by Crippen LogP contribution is -2.32. The van der Waals surface area contributed by atoms with Gasteiger partial charge in [-0.05, 0) is 18.6 Å². The van der Waals surface area contributed by atoms with Crippen molar-refractivity contribution < 1.29 is 9.18 Å². The van der Waals surface area contributed by atoms with Gasteiger partial charge in [-0.1, -0.05) is 18.7 Å². The molecule has 1 aliphatic carbocycles. The number of nitrogens with zero attached hydrogens (tertiary/aromatic N) is 1. The Balaban J connectivity index is 2.46. The molecule has 0 atom stereocenters. The van der Waals surface area contributed by atoms with Crippen LogP contribution < -0.4 is 14.8 Å². The number of aromatic nitrogens is 1. The molecule has 1 aromatic carbocycles. The molecule has 102 valence electrons. The molecule has 1 heterocycles. The summed E-state index contributed by atoms with van der Waals surface area (Å²) in [7, 11) is 0. The van der Waals surface area contributed by atoms with Gasteiger partial charge in [0, 0.05) is 24.1 Å². The minimum atomic E-state index is -0.395. The summed E-state index contributed by atoms with van der Waals surface area (Å²) in [4.78, 5) is 24.5. The quantitative estimate of drug-likeness (QED) is 0.779.